The Morgan fingerprint density at radius 1 is 1.33 bits per heavy atom. The molecule has 24 heavy (non-hydrogen) atoms. The molecule has 0 aliphatic carbocycles. The number of carbonyl (C=O) groups excluding carboxylic acids is 1. The molecule has 7 nitrogen and oxygen atoms in total. The molecule has 0 bridgehead atoms. The van der Waals surface area contributed by atoms with Gasteiger partial charge in [-0.3, -0.25) is 9.59 Å². The summed E-state index contributed by atoms with van der Waals surface area (Å²) in [6.45, 7) is 3.90. The van der Waals surface area contributed by atoms with Crippen LogP contribution in [0.1, 0.15) is 42.5 Å². The number of hydrogen-bond acceptors (Lipinski definition) is 7. The van der Waals surface area contributed by atoms with Gasteiger partial charge in [0, 0.05) is 24.1 Å². The third kappa shape index (κ3) is 5.13. The Bertz CT molecular complexity index is 757. The van der Waals surface area contributed by atoms with E-state index >= 15 is 0 Å². The molecule has 0 radical (unpaired) electrons. The van der Waals surface area contributed by atoms with Gasteiger partial charge in [-0.1, -0.05) is 36.4 Å². The average molecular weight is 368 g/mol. The smallest absolute Gasteiger partial charge is 0.254 e. The first-order chi connectivity index (χ1) is 11.5. The average Bonchev–Trinajstić information content (AvgIpc) is 2.99. The van der Waals surface area contributed by atoms with Gasteiger partial charge in [-0.25, -0.2) is 4.98 Å². The Morgan fingerprint density at radius 3 is 2.79 bits per heavy atom. The molecule has 2 aromatic rings. The topological polar surface area (TPSA) is 101 Å². The van der Waals surface area contributed by atoms with E-state index in [0.717, 1.165) is 24.3 Å². The minimum atomic E-state index is -0.183. The van der Waals surface area contributed by atoms with Gasteiger partial charge in [0.25, 0.3) is 5.56 Å². The van der Waals surface area contributed by atoms with E-state index in [2.05, 4.69) is 32.4 Å². The number of aromatic nitrogens is 4. The summed E-state index contributed by atoms with van der Waals surface area (Å²) in [4.78, 5) is 31.1. The predicted molar refractivity (Wildman–Crippen MR) is 96.8 cm³/mol. The van der Waals surface area contributed by atoms with Crippen LogP contribution >= 0.6 is 23.1 Å². The number of thioether (sulfide) groups is 1. The number of unbranched alkanes of at least 4 members (excludes halogenated alkanes) is 1. The summed E-state index contributed by atoms with van der Waals surface area (Å²) in [7, 11) is 0. The Balaban J connectivity index is 1.92. The van der Waals surface area contributed by atoms with Gasteiger partial charge >= 0.3 is 0 Å². The first-order valence-electron chi connectivity index (χ1n) is 7.79. The second-order valence-electron chi connectivity index (χ2n) is 5.29. The van der Waals surface area contributed by atoms with Crippen LogP contribution in [-0.2, 0) is 17.6 Å². The van der Waals surface area contributed by atoms with Gasteiger partial charge in [-0.05, 0) is 26.0 Å². The molecule has 0 aliphatic heterocycles. The molecule has 0 aliphatic rings. The van der Waals surface area contributed by atoms with Crippen LogP contribution in [0.3, 0.4) is 0 Å². The van der Waals surface area contributed by atoms with Crippen LogP contribution in [0.2, 0.25) is 0 Å². The highest BCUT2D eigenvalue weighted by molar-refractivity contribution is 7.98. The number of amides is 1. The minimum Gasteiger partial charge on any atom is -0.301 e. The summed E-state index contributed by atoms with van der Waals surface area (Å²) in [5, 5.41) is 12.8. The summed E-state index contributed by atoms with van der Waals surface area (Å²) in [6, 6.07) is 0. The van der Waals surface area contributed by atoms with Crippen molar-refractivity contribution in [2.45, 2.75) is 51.1 Å². The molecule has 0 aromatic carbocycles. The molecular formula is C15H21N5O2S2. The Morgan fingerprint density at radius 2 is 2.12 bits per heavy atom. The van der Waals surface area contributed by atoms with Gasteiger partial charge in [0.05, 0.1) is 0 Å². The fourth-order valence-corrected chi connectivity index (χ4v) is 3.35. The van der Waals surface area contributed by atoms with E-state index in [-0.39, 0.29) is 17.9 Å². The summed E-state index contributed by atoms with van der Waals surface area (Å²) in [5.41, 5.74) is 1.02. The van der Waals surface area contributed by atoms with E-state index in [9.17, 15) is 9.59 Å². The van der Waals surface area contributed by atoms with Crippen molar-refractivity contribution < 1.29 is 4.79 Å². The molecule has 0 unspecified atom stereocenters. The lowest BCUT2D eigenvalue weighted by Crippen LogP contribution is -2.20. The number of carbonyl (C=O) groups is 1. The number of anilines is 1. The number of aryl methyl sites for hydroxylation is 2. The van der Waals surface area contributed by atoms with Crippen molar-refractivity contribution in [1.29, 1.82) is 0 Å². The third-order valence-electron chi connectivity index (χ3n) is 3.45. The Labute approximate surface area is 148 Å². The molecule has 2 aromatic heterocycles. The minimum absolute atomic E-state index is 0.180. The van der Waals surface area contributed by atoms with Crippen molar-refractivity contribution >= 4 is 34.1 Å². The summed E-state index contributed by atoms with van der Waals surface area (Å²) in [6.07, 6.45) is 5.43. The highest BCUT2D eigenvalue weighted by Crippen LogP contribution is 2.17. The van der Waals surface area contributed by atoms with Crippen LogP contribution < -0.4 is 10.9 Å². The van der Waals surface area contributed by atoms with Gasteiger partial charge < -0.3 is 10.3 Å². The van der Waals surface area contributed by atoms with Gasteiger partial charge in [-0.2, -0.15) is 0 Å². The zero-order valence-corrected chi connectivity index (χ0v) is 15.6. The van der Waals surface area contributed by atoms with Crippen molar-refractivity contribution in [3.63, 3.8) is 0 Å². The van der Waals surface area contributed by atoms with Crippen molar-refractivity contribution in [3.05, 3.63) is 26.6 Å². The van der Waals surface area contributed by atoms with Crippen LogP contribution in [0.15, 0.2) is 9.95 Å². The molecule has 9 heteroatoms. The fourth-order valence-electron chi connectivity index (χ4n) is 2.13. The van der Waals surface area contributed by atoms with Crippen molar-refractivity contribution in [1.82, 2.24) is 20.2 Å². The van der Waals surface area contributed by atoms with E-state index < -0.39 is 0 Å². The molecule has 0 spiro atoms. The largest absolute Gasteiger partial charge is 0.301 e. The molecular weight excluding hydrogens is 346 g/mol. The first-order valence-corrected chi connectivity index (χ1v) is 9.83. The third-order valence-corrected chi connectivity index (χ3v) is 4.93. The number of nitrogens with one attached hydrogen (secondary N) is 2. The van der Waals surface area contributed by atoms with Crippen LogP contribution in [0.4, 0.5) is 5.13 Å². The zero-order valence-electron chi connectivity index (χ0n) is 14.0. The molecule has 0 saturated carbocycles. The van der Waals surface area contributed by atoms with Crippen LogP contribution in [0, 0.1) is 6.92 Å². The number of hydrogen-bond donors (Lipinski definition) is 2. The van der Waals surface area contributed by atoms with Gasteiger partial charge in [-0.15, -0.1) is 10.2 Å². The van der Waals surface area contributed by atoms with E-state index in [0.29, 0.717) is 28.0 Å². The lowest BCUT2D eigenvalue weighted by atomic mass is 10.1. The number of rotatable bonds is 8. The van der Waals surface area contributed by atoms with Crippen molar-refractivity contribution in [3.8, 4) is 0 Å². The highest BCUT2D eigenvalue weighted by Gasteiger charge is 2.12. The highest BCUT2D eigenvalue weighted by atomic mass is 32.2. The quantitative estimate of drug-likeness (QED) is 0.549. The maximum Gasteiger partial charge on any atom is 0.254 e. The molecule has 1 amide bonds. The Hall–Kier alpha value is -1.74. The maximum absolute atomic E-state index is 12.0. The predicted octanol–water partition coefficient (Wildman–Crippen LogP) is 2.57. The van der Waals surface area contributed by atoms with Crippen LogP contribution in [0.5, 0.6) is 0 Å². The summed E-state index contributed by atoms with van der Waals surface area (Å²) in [5.74, 6) is -0.180. The molecule has 0 atom stereocenters. The van der Waals surface area contributed by atoms with Gasteiger partial charge in [0.15, 0.2) is 5.16 Å². The second-order valence-corrected chi connectivity index (χ2v) is 7.15. The van der Waals surface area contributed by atoms with Crippen molar-refractivity contribution in [2.75, 3.05) is 11.6 Å². The SMILES string of the molecule is CCCCc1nnc(NC(=O)CCc2c(C)nc(SC)[nH]c2=O)s1. The lowest BCUT2D eigenvalue weighted by molar-refractivity contribution is -0.116. The fraction of sp³-hybridized carbons (Fsp3) is 0.533. The normalized spacial score (nSPS) is 10.8. The second kappa shape index (κ2) is 8.93. The molecule has 2 N–H and O–H groups in total. The van der Waals surface area contributed by atoms with E-state index in [1.54, 1.807) is 6.92 Å². The van der Waals surface area contributed by atoms with E-state index in [1.807, 2.05) is 6.26 Å². The number of nitrogens with zero attached hydrogens (tertiary/aromatic N) is 3. The van der Waals surface area contributed by atoms with Crippen LogP contribution in [-0.4, -0.2) is 32.3 Å². The molecule has 130 valence electrons. The first kappa shape index (κ1) is 18.6. The number of H-pyrrole nitrogens is 1. The lowest BCUT2D eigenvalue weighted by Gasteiger charge is -2.05. The summed E-state index contributed by atoms with van der Waals surface area (Å²) >= 11 is 2.78. The summed E-state index contributed by atoms with van der Waals surface area (Å²) < 4.78 is 0. The standard InChI is InChI=1S/C15H21N5O2S2/c1-4-5-6-12-19-20-15(24-12)17-11(21)8-7-10-9(2)16-14(23-3)18-13(10)22/h4-8H2,1-3H3,(H,16,18,22)(H,17,20,21). The zero-order chi connectivity index (χ0) is 17.5. The molecule has 0 fully saturated rings. The van der Waals surface area contributed by atoms with E-state index in [4.69, 9.17) is 0 Å². The monoisotopic (exact) mass is 367 g/mol. The van der Waals surface area contributed by atoms with Gasteiger partial charge in [0.1, 0.15) is 5.01 Å². The molecule has 0 saturated heterocycles. The van der Waals surface area contributed by atoms with Crippen LogP contribution in [0.25, 0.3) is 0 Å². The molecule has 2 heterocycles. The van der Waals surface area contributed by atoms with Crippen molar-refractivity contribution in [2.24, 2.45) is 0 Å². The van der Waals surface area contributed by atoms with E-state index in [1.165, 1.54) is 23.1 Å². The number of aromatic amines is 1. The maximum atomic E-state index is 12.0. The Kier molecular flexibility index (Phi) is 6.92. The molecule has 2 rings (SSSR count). The van der Waals surface area contributed by atoms with Gasteiger partial charge in [0.2, 0.25) is 11.0 Å².